The molecule has 0 fully saturated rings. The Balaban J connectivity index is 2.70. The number of benzene rings is 1. The molecule has 0 aliphatic heterocycles. The number of rotatable bonds is 8. The summed E-state index contributed by atoms with van der Waals surface area (Å²) in [5.74, 6) is 0.331. The van der Waals surface area contributed by atoms with Crippen LogP contribution in [0.15, 0.2) is 29.2 Å². The Kier molecular flexibility index (Phi) is 6.37. The Bertz CT molecular complexity index is 647. The van der Waals surface area contributed by atoms with Crippen LogP contribution in [0, 0.1) is 5.92 Å². The molecule has 120 valence electrons. The first-order valence-corrected chi connectivity index (χ1v) is 10.3. The molecule has 1 N–H and O–H groups in total. The predicted octanol–water partition coefficient (Wildman–Crippen LogP) is 1.60. The SMILES string of the molecule is CCS(=O)(=O)CCNS(=O)(=O)c1ccc(CC(C)C)cc1. The van der Waals surface area contributed by atoms with Gasteiger partial charge in [0.05, 0.1) is 10.6 Å². The molecule has 21 heavy (non-hydrogen) atoms. The van der Waals surface area contributed by atoms with E-state index in [9.17, 15) is 16.8 Å². The van der Waals surface area contributed by atoms with E-state index in [-0.39, 0.29) is 22.9 Å². The minimum atomic E-state index is -3.65. The third-order valence-electron chi connectivity index (χ3n) is 3.02. The van der Waals surface area contributed by atoms with Crippen LogP contribution in [-0.4, -0.2) is 34.9 Å². The molecule has 0 saturated carbocycles. The third-order valence-corrected chi connectivity index (χ3v) is 6.21. The lowest BCUT2D eigenvalue weighted by molar-refractivity contribution is 0.581. The maximum atomic E-state index is 12.0. The van der Waals surface area contributed by atoms with Crippen LogP contribution in [0.25, 0.3) is 0 Å². The quantitative estimate of drug-likeness (QED) is 0.783. The zero-order valence-corrected chi connectivity index (χ0v) is 14.3. The molecule has 0 aliphatic carbocycles. The number of hydrogen-bond acceptors (Lipinski definition) is 4. The average molecular weight is 333 g/mol. The molecule has 0 amide bonds. The van der Waals surface area contributed by atoms with Gasteiger partial charge in [-0.2, -0.15) is 0 Å². The Morgan fingerprint density at radius 2 is 1.62 bits per heavy atom. The molecule has 0 bridgehead atoms. The maximum Gasteiger partial charge on any atom is 0.240 e. The topological polar surface area (TPSA) is 80.3 Å². The first-order chi connectivity index (χ1) is 9.66. The van der Waals surface area contributed by atoms with E-state index in [0.717, 1.165) is 12.0 Å². The molecule has 7 heteroatoms. The number of hydrogen-bond donors (Lipinski definition) is 1. The van der Waals surface area contributed by atoms with Crippen molar-refractivity contribution in [1.82, 2.24) is 4.72 Å². The van der Waals surface area contributed by atoms with E-state index in [4.69, 9.17) is 0 Å². The van der Waals surface area contributed by atoms with Crippen molar-refractivity contribution in [3.63, 3.8) is 0 Å². The summed E-state index contributed by atoms with van der Waals surface area (Å²) in [7, 11) is -6.82. The first kappa shape index (κ1) is 18.1. The minimum Gasteiger partial charge on any atom is -0.229 e. The lowest BCUT2D eigenvalue weighted by atomic mass is 10.0. The monoisotopic (exact) mass is 333 g/mol. The molecule has 0 unspecified atom stereocenters. The third kappa shape index (κ3) is 6.15. The Hall–Kier alpha value is -0.920. The number of sulfone groups is 1. The predicted molar refractivity (Wildman–Crippen MR) is 84.5 cm³/mol. The number of nitrogens with one attached hydrogen (secondary N) is 1. The summed E-state index contributed by atoms with van der Waals surface area (Å²) in [6, 6.07) is 6.68. The van der Waals surface area contributed by atoms with Gasteiger partial charge in [0.15, 0.2) is 9.84 Å². The molecule has 0 saturated heterocycles. The summed E-state index contributed by atoms with van der Waals surface area (Å²) in [6.45, 7) is 5.63. The molecular weight excluding hydrogens is 310 g/mol. The molecule has 5 nitrogen and oxygen atoms in total. The van der Waals surface area contributed by atoms with Crippen molar-refractivity contribution in [2.24, 2.45) is 5.92 Å². The van der Waals surface area contributed by atoms with E-state index < -0.39 is 19.9 Å². The minimum absolute atomic E-state index is 0.0125. The molecule has 1 aromatic carbocycles. The van der Waals surface area contributed by atoms with Gasteiger partial charge in [0.25, 0.3) is 0 Å². The van der Waals surface area contributed by atoms with Gasteiger partial charge in [-0.1, -0.05) is 32.9 Å². The van der Waals surface area contributed by atoms with Gasteiger partial charge >= 0.3 is 0 Å². The van der Waals surface area contributed by atoms with Gasteiger partial charge in [-0.05, 0) is 30.0 Å². The first-order valence-electron chi connectivity index (χ1n) is 6.95. The van der Waals surface area contributed by atoms with E-state index in [1.165, 1.54) is 6.92 Å². The summed E-state index contributed by atoms with van der Waals surface area (Å²) in [4.78, 5) is 0.156. The summed E-state index contributed by atoms with van der Waals surface area (Å²) in [5.41, 5.74) is 1.08. The Labute approximate surface area is 127 Å². The summed E-state index contributed by atoms with van der Waals surface area (Å²) in [5, 5.41) is 0. The second-order valence-corrected chi connectivity index (χ2v) is 9.62. The Morgan fingerprint density at radius 3 is 2.10 bits per heavy atom. The standard InChI is InChI=1S/C14H23NO4S2/c1-4-20(16,17)10-9-15-21(18,19)14-7-5-13(6-8-14)11-12(2)3/h5-8,12,15H,4,9-11H2,1-3H3. The highest BCUT2D eigenvalue weighted by Crippen LogP contribution is 2.13. The van der Waals surface area contributed by atoms with E-state index >= 15 is 0 Å². The average Bonchev–Trinajstić information content (AvgIpc) is 2.38. The van der Waals surface area contributed by atoms with Gasteiger partial charge in [0, 0.05) is 12.3 Å². The van der Waals surface area contributed by atoms with Crippen molar-refractivity contribution < 1.29 is 16.8 Å². The van der Waals surface area contributed by atoms with Crippen LogP contribution in [0.4, 0.5) is 0 Å². The molecule has 0 radical (unpaired) electrons. The normalized spacial score (nSPS) is 12.8. The fourth-order valence-corrected chi connectivity index (χ4v) is 3.70. The van der Waals surface area contributed by atoms with Crippen molar-refractivity contribution in [2.75, 3.05) is 18.1 Å². The van der Waals surface area contributed by atoms with Gasteiger partial charge in [0.2, 0.25) is 10.0 Å². The van der Waals surface area contributed by atoms with Crippen LogP contribution in [0.5, 0.6) is 0 Å². The largest absolute Gasteiger partial charge is 0.240 e. The smallest absolute Gasteiger partial charge is 0.229 e. The lowest BCUT2D eigenvalue weighted by Crippen LogP contribution is -2.29. The molecule has 0 heterocycles. The lowest BCUT2D eigenvalue weighted by Gasteiger charge is -2.09. The molecule has 1 rings (SSSR count). The van der Waals surface area contributed by atoms with Gasteiger partial charge in [0.1, 0.15) is 0 Å². The van der Waals surface area contributed by atoms with E-state index in [1.54, 1.807) is 24.3 Å². The van der Waals surface area contributed by atoms with Gasteiger partial charge in [-0.3, -0.25) is 0 Å². The van der Waals surface area contributed by atoms with Gasteiger partial charge in [-0.15, -0.1) is 0 Å². The second-order valence-electron chi connectivity index (χ2n) is 5.38. The van der Waals surface area contributed by atoms with Crippen LogP contribution < -0.4 is 4.72 Å². The van der Waals surface area contributed by atoms with Crippen LogP contribution >= 0.6 is 0 Å². The van der Waals surface area contributed by atoms with Gasteiger partial charge in [-0.25, -0.2) is 21.6 Å². The van der Waals surface area contributed by atoms with Gasteiger partial charge < -0.3 is 0 Å². The molecule has 0 aromatic heterocycles. The van der Waals surface area contributed by atoms with Crippen molar-refractivity contribution >= 4 is 19.9 Å². The van der Waals surface area contributed by atoms with E-state index in [0.29, 0.717) is 5.92 Å². The fourth-order valence-electron chi connectivity index (χ4n) is 1.84. The highest BCUT2D eigenvalue weighted by molar-refractivity contribution is 7.91. The molecule has 0 atom stereocenters. The highest BCUT2D eigenvalue weighted by atomic mass is 32.2. The Morgan fingerprint density at radius 1 is 1.05 bits per heavy atom. The number of sulfonamides is 1. The van der Waals surface area contributed by atoms with E-state index in [2.05, 4.69) is 18.6 Å². The van der Waals surface area contributed by atoms with Crippen LogP contribution in [-0.2, 0) is 26.3 Å². The van der Waals surface area contributed by atoms with Crippen LogP contribution in [0.1, 0.15) is 26.3 Å². The van der Waals surface area contributed by atoms with Crippen LogP contribution in [0.2, 0.25) is 0 Å². The maximum absolute atomic E-state index is 12.0. The van der Waals surface area contributed by atoms with Crippen LogP contribution in [0.3, 0.4) is 0 Å². The van der Waals surface area contributed by atoms with Crippen molar-refractivity contribution in [3.8, 4) is 0 Å². The second kappa shape index (κ2) is 7.38. The zero-order chi connectivity index (χ0) is 16.1. The molecule has 0 spiro atoms. The highest BCUT2D eigenvalue weighted by Gasteiger charge is 2.15. The zero-order valence-electron chi connectivity index (χ0n) is 12.7. The van der Waals surface area contributed by atoms with Crippen molar-refractivity contribution in [3.05, 3.63) is 29.8 Å². The van der Waals surface area contributed by atoms with Crippen molar-refractivity contribution in [2.45, 2.75) is 32.1 Å². The molecule has 1 aromatic rings. The molecule has 0 aliphatic rings. The fraction of sp³-hybridized carbons (Fsp3) is 0.571. The van der Waals surface area contributed by atoms with Crippen molar-refractivity contribution in [1.29, 1.82) is 0 Å². The summed E-state index contributed by atoms with van der Waals surface area (Å²) < 4.78 is 49.1. The summed E-state index contributed by atoms with van der Waals surface area (Å²) >= 11 is 0. The van der Waals surface area contributed by atoms with E-state index in [1.807, 2.05) is 0 Å². The summed E-state index contributed by atoms with van der Waals surface area (Å²) in [6.07, 6.45) is 0.891. The molecular formula is C14H23NO4S2.